The average molecular weight is 326 g/mol. The van der Waals surface area contributed by atoms with Gasteiger partial charge in [-0.05, 0) is 18.6 Å². The molecular weight excluding hydrogens is 307 g/mol. The number of carbonyl (C=O) groups excluding carboxylic acids is 3. The number of hydrogen-bond acceptors (Lipinski definition) is 5. The molecule has 3 amide bonds. The maximum absolute atomic E-state index is 13.6. The molecule has 2 N–H and O–H groups in total. The Kier molecular flexibility index (Phi) is 7.52. The van der Waals surface area contributed by atoms with E-state index in [4.69, 9.17) is 4.74 Å². The monoisotopic (exact) mass is 326 g/mol. The number of halogens is 1. The molecule has 1 aromatic carbocycles. The summed E-state index contributed by atoms with van der Waals surface area (Å²) in [4.78, 5) is 34.4. The van der Waals surface area contributed by atoms with E-state index in [1.165, 1.54) is 19.2 Å². The number of rotatable bonds is 7. The molecule has 23 heavy (non-hydrogen) atoms. The van der Waals surface area contributed by atoms with E-state index in [1.807, 2.05) is 12.2 Å². The first kappa shape index (κ1) is 18.4. The third-order valence-corrected chi connectivity index (χ3v) is 2.80. The summed E-state index contributed by atoms with van der Waals surface area (Å²) in [5.41, 5.74) is -0.328. The van der Waals surface area contributed by atoms with E-state index < -0.39 is 30.3 Å². The second-order valence-electron chi connectivity index (χ2n) is 4.58. The van der Waals surface area contributed by atoms with Crippen LogP contribution in [0.1, 0.15) is 30.1 Å². The smallest absolute Gasteiger partial charge is 0.341 e. The van der Waals surface area contributed by atoms with Gasteiger partial charge in [-0.3, -0.25) is 10.1 Å². The first-order chi connectivity index (χ1) is 11.0. The number of ether oxygens (including phenoxy) is 2. The molecule has 0 heterocycles. The largest absolute Gasteiger partial charge is 0.497 e. The number of hydrogen-bond donors (Lipinski definition) is 2. The number of benzene rings is 1. The maximum atomic E-state index is 13.6. The number of carbonyl (C=O) groups is 3. The van der Waals surface area contributed by atoms with Crippen molar-refractivity contribution in [2.24, 2.45) is 0 Å². The molecule has 1 rings (SSSR count). The lowest BCUT2D eigenvalue weighted by Gasteiger charge is -2.08. The van der Waals surface area contributed by atoms with Crippen LogP contribution in [0.4, 0.5) is 9.18 Å². The predicted octanol–water partition coefficient (Wildman–Crippen LogP) is 1.62. The molecule has 0 saturated carbocycles. The molecule has 0 unspecified atom stereocenters. The molecular formula is C15H19FN2O5. The number of urea groups is 1. The minimum Gasteiger partial charge on any atom is -0.497 e. The number of amides is 3. The third-order valence-electron chi connectivity index (χ3n) is 2.80. The van der Waals surface area contributed by atoms with Gasteiger partial charge in [0.15, 0.2) is 6.61 Å². The zero-order chi connectivity index (χ0) is 17.2. The van der Waals surface area contributed by atoms with Crippen molar-refractivity contribution in [3.8, 4) is 5.75 Å². The van der Waals surface area contributed by atoms with Crippen molar-refractivity contribution in [1.29, 1.82) is 0 Å². The molecule has 0 atom stereocenters. The van der Waals surface area contributed by atoms with Crippen LogP contribution in [0.2, 0.25) is 0 Å². The molecule has 0 fully saturated rings. The Balaban J connectivity index is 2.43. The van der Waals surface area contributed by atoms with Crippen molar-refractivity contribution in [3.05, 3.63) is 29.6 Å². The molecule has 0 saturated heterocycles. The standard InChI is InChI=1S/C15H19FN2O5/c1-3-4-7-17-15(21)18-13(19)9-23-14(20)11-6-5-10(22-2)8-12(11)16/h5-6,8H,3-4,7,9H2,1-2H3,(H2,17,18,19,21). The van der Waals surface area contributed by atoms with E-state index in [9.17, 15) is 18.8 Å². The van der Waals surface area contributed by atoms with Crippen LogP contribution in [0, 0.1) is 5.82 Å². The molecule has 0 bridgehead atoms. The minimum atomic E-state index is -1.01. The summed E-state index contributed by atoms with van der Waals surface area (Å²) in [5, 5.41) is 4.47. The van der Waals surface area contributed by atoms with Gasteiger partial charge in [0.2, 0.25) is 0 Å². The predicted molar refractivity (Wildman–Crippen MR) is 79.7 cm³/mol. The molecule has 126 valence electrons. The Labute approximate surface area is 133 Å². The summed E-state index contributed by atoms with van der Waals surface area (Å²) >= 11 is 0. The highest BCUT2D eigenvalue weighted by Gasteiger charge is 2.16. The zero-order valence-electron chi connectivity index (χ0n) is 13.0. The van der Waals surface area contributed by atoms with Gasteiger partial charge in [-0.15, -0.1) is 0 Å². The van der Waals surface area contributed by atoms with Crippen LogP contribution in [-0.4, -0.2) is 38.2 Å². The Bertz CT molecular complexity index is 577. The van der Waals surface area contributed by atoms with Crippen molar-refractivity contribution in [1.82, 2.24) is 10.6 Å². The van der Waals surface area contributed by atoms with Gasteiger partial charge in [-0.1, -0.05) is 13.3 Å². The van der Waals surface area contributed by atoms with Crippen molar-refractivity contribution in [3.63, 3.8) is 0 Å². The summed E-state index contributed by atoms with van der Waals surface area (Å²) in [6.07, 6.45) is 1.69. The highest BCUT2D eigenvalue weighted by atomic mass is 19.1. The molecule has 0 radical (unpaired) electrons. The van der Waals surface area contributed by atoms with Gasteiger partial charge in [0, 0.05) is 12.6 Å². The van der Waals surface area contributed by atoms with Crippen LogP contribution in [0.5, 0.6) is 5.75 Å². The lowest BCUT2D eigenvalue weighted by Crippen LogP contribution is -2.41. The van der Waals surface area contributed by atoms with E-state index in [0.29, 0.717) is 6.54 Å². The molecule has 1 aromatic rings. The van der Waals surface area contributed by atoms with Crippen molar-refractivity contribution in [2.45, 2.75) is 19.8 Å². The van der Waals surface area contributed by atoms with Gasteiger partial charge in [0.1, 0.15) is 11.6 Å². The number of esters is 1. The third kappa shape index (κ3) is 6.33. The Hall–Kier alpha value is -2.64. The summed E-state index contributed by atoms with van der Waals surface area (Å²) in [7, 11) is 1.36. The highest BCUT2D eigenvalue weighted by molar-refractivity contribution is 5.97. The molecule has 0 aliphatic rings. The van der Waals surface area contributed by atoms with Crippen LogP contribution in [0.15, 0.2) is 18.2 Å². The zero-order valence-corrected chi connectivity index (χ0v) is 13.0. The quantitative estimate of drug-likeness (QED) is 0.586. The molecule has 8 heteroatoms. The van der Waals surface area contributed by atoms with E-state index >= 15 is 0 Å². The lowest BCUT2D eigenvalue weighted by atomic mass is 10.2. The van der Waals surface area contributed by atoms with Crippen LogP contribution in [0.25, 0.3) is 0 Å². The van der Waals surface area contributed by atoms with Gasteiger partial charge >= 0.3 is 12.0 Å². The summed E-state index contributed by atoms with van der Waals surface area (Å²) in [5.74, 6) is -2.39. The second kappa shape index (κ2) is 9.39. The lowest BCUT2D eigenvalue weighted by molar-refractivity contribution is -0.123. The van der Waals surface area contributed by atoms with Gasteiger partial charge in [0.05, 0.1) is 12.7 Å². The van der Waals surface area contributed by atoms with E-state index in [0.717, 1.165) is 18.9 Å². The fourth-order valence-corrected chi connectivity index (χ4v) is 1.58. The Morgan fingerprint density at radius 2 is 2.00 bits per heavy atom. The number of methoxy groups -OCH3 is 1. The highest BCUT2D eigenvalue weighted by Crippen LogP contribution is 2.16. The Morgan fingerprint density at radius 1 is 1.26 bits per heavy atom. The second-order valence-corrected chi connectivity index (χ2v) is 4.58. The molecule has 7 nitrogen and oxygen atoms in total. The van der Waals surface area contributed by atoms with E-state index in [1.54, 1.807) is 0 Å². The normalized spacial score (nSPS) is 9.87. The van der Waals surface area contributed by atoms with Crippen molar-refractivity contribution >= 4 is 17.9 Å². The Morgan fingerprint density at radius 3 is 2.61 bits per heavy atom. The number of nitrogens with one attached hydrogen (secondary N) is 2. The van der Waals surface area contributed by atoms with Gasteiger partial charge < -0.3 is 14.8 Å². The van der Waals surface area contributed by atoms with Crippen LogP contribution in [-0.2, 0) is 9.53 Å². The van der Waals surface area contributed by atoms with E-state index in [-0.39, 0.29) is 11.3 Å². The van der Waals surface area contributed by atoms with Gasteiger partial charge in [-0.25, -0.2) is 14.0 Å². The maximum Gasteiger partial charge on any atom is 0.341 e. The summed E-state index contributed by atoms with van der Waals surface area (Å²) < 4.78 is 23.1. The minimum absolute atomic E-state index is 0.251. The van der Waals surface area contributed by atoms with Crippen LogP contribution in [0.3, 0.4) is 0 Å². The fraction of sp³-hybridized carbons (Fsp3) is 0.400. The van der Waals surface area contributed by atoms with E-state index in [2.05, 4.69) is 10.1 Å². The molecule has 0 spiro atoms. The van der Waals surface area contributed by atoms with Crippen LogP contribution >= 0.6 is 0 Å². The SMILES string of the molecule is CCCCNC(=O)NC(=O)COC(=O)c1ccc(OC)cc1F. The summed E-state index contributed by atoms with van der Waals surface area (Å²) in [6.45, 7) is 1.71. The summed E-state index contributed by atoms with van der Waals surface area (Å²) in [6, 6.07) is 2.93. The number of unbranched alkanes of at least 4 members (excludes halogenated alkanes) is 1. The fourth-order valence-electron chi connectivity index (χ4n) is 1.58. The molecule has 0 aliphatic heterocycles. The first-order valence-electron chi connectivity index (χ1n) is 7.06. The van der Waals surface area contributed by atoms with Gasteiger partial charge in [0.25, 0.3) is 5.91 Å². The first-order valence-corrected chi connectivity index (χ1v) is 7.06. The van der Waals surface area contributed by atoms with Crippen LogP contribution < -0.4 is 15.4 Å². The molecule has 0 aliphatic carbocycles. The average Bonchev–Trinajstić information content (AvgIpc) is 2.52. The van der Waals surface area contributed by atoms with Crippen molar-refractivity contribution < 1.29 is 28.2 Å². The topological polar surface area (TPSA) is 93.7 Å². The van der Waals surface area contributed by atoms with Crippen molar-refractivity contribution in [2.75, 3.05) is 20.3 Å². The molecule has 0 aromatic heterocycles. The number of imide groups is 1. The van der Waals surface area contributed by atoms with Gasteiger partial charge in [-0.2, -0.15) is 0 Å².